The molecular weight excluding hydrogens is 445 g/mol. The highest BCUT2D eigenvalue weighted by atomic mass is 19.1. The monoisotopic (exact) mass is 473 g/mol. The number of carbonyl (C=O) groups is 1. The zero-order chi connectivity index (χ0) is 23.9. The van der Waals surface area contributed by atoms with Crippen molar-refractivity contribution < 1.29 is 23.4 Å². The molecule has 11 nitrogen and oxygen atoms in total. The topological polar surface area (TPSA) is 128 Å². The predicted molar refractivity (Wildman–Crippen MR) is 120 cm³/mol. The lowest BCUT2D eigenvalue weighted by molar-refractivity contribution is 0.0546. The third kappa shape index (κ3) is 4.49. The Bertz CT molecular complexity index is 1190. The Morgan fingerprint density at radius 1 is 1.29 bits per heavy atom. The van der Waals surface area contributed by atoms with Crippen molar-refractivity contribution in [2.24, 2.45) is 0 Å². The van der Waals surface area contributed by atoms with Gasteiger partial charge in [0.1, 0.15) is 17.9 Å². The standard InChI is InChI=1S/C22H28FN7O4/c1-22(6-7-22)27-21(31)34-15-5-4-13(19(15)23)14-8-16(29-28-14)25-20-26-18(33-3)9-17-24-12(11-32-2)10-30(17)20/h8-10,13,15,19H,4-7,11H2,1-3H3,(H,27,31)(H2,25,26,28,29)/t13-,15-,19-/m0/s1. The van der Waals surface area contributed by atoms with Gasteiger partial charge in [-0.25, -0.2) is 14.2 Å². The van der Waals surface area contributed by atoms with Crippen LogP contribution in [-0.4, -0.2) is 62.7 Å². The van der Waals surface area contributed by atoms with Gasteiger partial charge in [-0.2, -0.15) is 10.1 Å². The molecular formula is C22H28FN7O4. The summed E-state index contributed by atoms with van der Waals surface area (Å²) in [4.78, 5) is 21.0. The van der Waals surface area contributed by atoms with E-state index in [-0.39, 0.29) is 5.54 Å². The molecule has 3 aromatic heterocycles. The number of hydrogen-bond acceptors (Lipinski definition) is 8. The third-order valence-corrected chi connectivity index (χ3v) is 6.38. The van der Waals surface area contributed by atoms with Crippen molar-refractivity contribution in [2.75, 3.05) is 19.5 Å². The normalized spacial score (nSPS) is 23.1. The second-order valence-corrected chi connectivity index (χ2v) is 9.11. The molecule has 3 atom stereocenters. The molecule has 0 radical (unpaired) electrons. The van der Waals surface area contributed by atoms with E-state index in [1.54, 1.807) is 23.6 Å². The number of imidazole rings is 1. The predicted octanol–water partition coefficient (Wildman–Crippen LogP) is 3.21. The highest BCUT2D eigenvalue weighted by Gasteiger charge is 2.43. The molecule has 3 N–H and O–H groups in total. The largest absolute Gasteiger partial charge is 0.481 e. The first kappa shape index (κ1) is 22.4. The maximum absolute atomic E-state index is 15.1. The van der Waals surface area contributed by atoms with Gasteiger partial charge in [-0.05, 0) is 32.6 Å². The number of anilines is 2. The first-order valence-electron chi connectivity index (χ1n) is 11.2. The van der Waals surface area contributed by atoms with E-state index in [0.717, 1.165) is 18.5 Å². The minimum Gasteiger partial charge on any atom is -0.481 e. The maximum Gasteiger partial charge on any atom is 0.407 e. The molecule has 0 saturated heterocycles. The number of halogens is 1. The number of fused-ring (bicyclic) bond motifs is 1. The van der Waals surface area contributed by atoms with E-state index in [1.165, 1.54) is 7.11 Å². The molecule has 0 bridgehead atoms. The van der Waals surface area contributed by atoms with Crippen molar-refractivity contribution in [3.05, 3.63) is 29.7 Å². The summed E-state index contributed by atoms with van der Waals surface area (Å²) in [6, 6.07) is 3.46. The Balaban J connectivity index is 1.29. The first-order chi connectivity index (χ1) is 16.4. The quantitative estimate of drug-likeness (QED) is 0.455. The summed E-state index contributed by atoms with van der Waals surface area (Å²) >= 11 is 0. The number of ether oxygens (including phenoxy) is 3. The molecule has 0 unspecified atom stereocenters. The molecule has 3 aromatic rings. The molecule has 1 amide bonds. The van der Waals surface area contributed by atoms with Gasteiger partial charge in [0.15, 0.2) is 5.82 Å². The van der Waals surface area contributed by atoms with Gasteiger partial charge in [-0.15, -0.1) is 0 Å². The van der Waals surface area contributed by atoms with Crippen LogP contribution in [0.5, 0.6) is 5.88 Å². The summed E-state index contributed by atoms with van der Waals surface area (Å²) in [6.45, 7) is 2.31. The fraction of sp³-hybridized carbons (Fsp3) is 0.545. The number of carbonyl (C=O) groups excluding carboxylic acids is 1. The summed E-state index contributed by atoms with van der Waals surface area (Å²) < 4.78 is 32.7. The number of nitrogens with zero attached hydrogens (tertiary/aromatic N) is 4. The molecule has 0 aromatic carbocycles. The highest BCUT2D eigenvalue weighted by molar-refractivity contribution is 5.69. The molecule has 3 heterocycles. The second kappa shape index (κ2) is 8.75. The molecule has 2 saturated carbocycles. The second-order valence-electron chi connectivity index (χ2n) is 9.11. The smallest absolute Gasteiger partial charge is 0.407 e. The van der Waals surface area contributed by atoms with Gasteiger partial charge in [-0.3, -0.25) is 9.50 Å². The van der Waals surface area contributed by atoms with Crippen LogP contribution in [0.25, 0.3) is 5.65 Å². The summed E-state index contributed by atoms with van der Waals surface area (Å²) in [5, 5.41) is 13.1. The van der Waals surface area contributed by atoms with Gasteiger partial charge < -0.3 is 24.8 Å². The van der Waals surface area contributed by atoms with Gasteiger partial charge in [0.25, 0.3) is 0 Å². The Labute approximate surface area is 195 Å². The minimum absolute atomic E-state index is 0.204. The summed E-state index contributed by atoms with van der Waals surface area (Å²) in [7, 11) is 3.13. The van der Waals surface area contributed by atoms with Crippen LogP contribution < -0.4 is 15.4 Å². The SMILES string of the molecule is COCc1cn2c(Nc3cc([C@@H]4CC[C@H](OC(=O)NC5(C)CC5)[C@H]4F)[nH]n3)nc(OC)cc2n1. The Morgan fingerprint density at radius 3 is 2.85 bits per heavy atom. The van der Waals surface area contributed by atoms with Crippen molar-refractivity contribution >= 4 is 23.5 Å². The molecule has 2 fully saturated rings. The molecule has 34 heavy (non-hydrogen) atoms. The van der Waals surface area contributed by atoms with Gasteiger partial charge >= 0.3 is 6.09 Å². The van der Waals surface area contributed by atoms with E-state index >= 15 is 4.39 Å². The lowest BCUT2D eigenvalue weighted by atomic mass is 10.0. The number of H-pyrrole nitrogens is 1. The van der Waals surface area contributed by atoms with E-state index in [1.807, 2.05) is 13.1 Å². The fourth-order valence-electron chi connectivity index (χ4n) is 4.23. The third-order valence-electron chi connectivity index (χ3n) is 6.38. The minimum atomic E-state index is -1.32. The van der Waals surface area contributed by atoms with Crippen LogP contribution in [0.1, 0.15) is 49.9 Å². The Morgan fingerprint density at radius 2 is 2.12 bits per heavy atom. The number of rotatable bonds is 8. The van der Waals surface area contributed by atoms with Crippen molar-refractivity contribution in [1.29, 1.82) is 0 Å². The van der Waals surface area contributed by atoms with E-state index in [2.05, 4.69) is 30.8 Å². The number of hydrogen-bond donors (Lipinski definition) is 3. The number of amides is 1. The average molecular weight is 474 g/mol. The first-order valence-corrected chi connectivity index (χ1v) is 11.2. The molecule has 182 valence electrons. The van der Waals surface area contributed by atoms with Crippen LogP contribution in [0.2, 0.25) is 0 Å². The van der Waals surface area contributed by atoms with Crippen molar-refractivity contribution in [3.8, 4) is 5.88 Å². The Hall–Kier alpha value is -3.41. The average Bonchev–Trinajstić information content (AvgIpc) is 3.14. The number of alkyl halides is 1. The lowest BCUT2D eigenvalue weighted by Gasteiger charge is -2.19. The van der Waals surface area contributed by atoms with E-state index in [4.69, 9.17) is 14.2 Å². The number of alkyl carbamates (subject to hydrolysis) is 1. The molecule has 2 aliphatic carbocycles. The molecule has 0 aliphatic heterocycles. The van der Waals surface area contributed by atoms with Crippen LogP contribution in [0, 0.1) is 0 Å². The number of methoxy groups -OCH3 is 2. The van der Waals surface area contributed by atoms with E-state index < -0.39 is 24.3 Å². The molecule has 12 heteroatoms. The summed E-state index contributed by atoms with van der Waals surface area (Å²) in [6.07, 6.45) is 1.98. The van der Waals surface area contributed by atoms with Gasteiger partial charge in [0.2, 0.25) is 11.8 Å². The van der Waals surface area contributed by atoms with E-state index in [0.29, 0.717) is 48.4 Å². The molecule has 0 spiro atoms. The number of nitrogens with one attached hydrogen (secondary N) is 3. The zero-order valence-corrected chi connectivity index (χ0v) is 19.3. The van der Waals surface area contributed by atoms with E-state index in [9.17, 15) is 4.79 Å². The lowest BCUT2D eigenvalue weighted by Crippen LogP contribution is -2.38. The van der Waals surface area contributed by atoms with Crippen LogP contribution in [0.15, 0.2) is 18.3 Å². The van der Waals surface area contributed by atoms with Crippen molar-refractivity contribution in [2.45, 2.75) is 62.9 Å². The fourth-order valence-corrected chi connectivity index (χ4v) is 4.23. The van der Waals surface area contributed by atoms with Gasteiger partial charge in [0, 0.05) is 42.6 Å². The Kier molecular flexibility index (Phi) is 5.76. The highest BCUT2D eigenvalue weighted by Crippen LogP contribution is 2.39. The summed E-state index contributed by atoms with van der Waals surface area (Å²) in [5.74, 6) is 0.849. The number of aromatic amines is 1. The van der Waals surface area contributed by atoms with Crippen LogP contribution >= 0.6 is 0 Å². The molecule has 5 rings (SSSR count). The zero-order valence-electron chi connectivity index (χ0n) is 19.3. The van der Waals surface area contributed by atoms with Crippen LogP contribution in [0.4, 0.5) is 21.0 Å². The van der Waals surface area contributed by atoms with Gasteiger partial charge in [0.05, 0.1) is 19.4 Å². The van der Waals surface area contributed by atoms with Crippen molar-refractivity contribution in [1.82, 2.24) is 29.9 Å². The van der Waals surface area contributed by atoms with Crippen molar-refractivity contribution in [3.63, 3.8) is 0 Å². The summed E-state index contributed by atoms with van der Waals surface area (Å²) in [5.41, 5.74) is 1.79. The molecule has 2 aliphatic rings. The maximum atomic E-state index is 15.1. The van der Waals surface area contributed by atoms with Crippen LogP contribution in [0.3, 0.4) is 0 Å². The van der Waals surface area contributed by atoms with Gasteiger partial charge in [-0.1, -0.05) is 0 Å². The number of aromatic nitrogens is 5. The van der Waals surface area contributed by atoms with Crippen LogP contribution in [-0.2, 0) is 16.1 Å².